The van der Waals surface area contributed by atoms with Crippen molar-refractivity contribution < 1.29 is 9.21 Å². The van der Waals surface area contributed by atoms with Gasteiger partial charge in [0.1, 0.15) is 0 Å². The van der Waals surface area contributed by atoms with Crippen molar-refractivity contribution in [2.24, 2.45) is 0 Å². The summed E-state index contributed by atoms with van der Waals surface area (Å²) >= 11 is 0. The average Bonchev–Trinajstić information content (AvgIpc) is 2.91. The van der Waals surface area contributed by atoms with E-state index in [0.717, 1.165) is 16.8 Å². The highest BCUT2D eigenvalue weighted by Gasteiger charge is 2.23. The molecule has 0 saturated heterocycles. The molecular weight excluding hydrogens is 254 g/mol. The molecule has 5 heteroatoms. The molecule has 20 heavy (non-hydrogen) atoms. The Labute approximate surface area is 115 Å². The van der Waals surface area contributed by atoms with Gasteiger partial charge in [0.05, 0.1) is 10.9 Å². The van der Waals surface area contributed by atoms with E-state index in [1.54, 1.807) is 6.07 Å². The van der Waals surface area contributed by atoms with Crippen molar-refractivity contribution in [3.8, 4) is 0 Å². The van der Waals surface area contributed by atoms with Gasteiger partial charge in [-0.25, -0.2) is 0 Å². The Morgan fingerprint density at radius 1 is 1.25 bits per heavy atom. The number of H-pyrrole nitrogens is 1. The molecule has 0 unspecified atom stereocenters. The van der Waals surface area contributed by atoms with Crippen molar-refractivity contribution in [2.45, 2.75) is 20.8 Å². The Morgan fingerprint density at radius 3 is 2.70 bits per heavy atom. The number of ketones is 1. The summed E-state index contributed by atoms with van der Waals surface area (Å²) in [6, 6.07) is 5.60. The number of aromatic nitrogens is 2. The molecule has 0 bridgehead atoms. The lowest BCUT2D eigenvalue weighted by Gasteiger charge is -2.04. The number of carbonyl (C=O) groups is 1. The highest BCUT2D eigenvalue weighted by Crippen LogP contribution is 2.31. The first-order chi connectivity index (χ1) is 9.49. The highest BCUT2D eigenvalue weighted by molar-refractivity contribution is 6.19. The van der Waals surface area contributed by atoms with Crippen molar-refractivity contribution >= 4 is 22.8 Å². The summed E-state index contributed by atoms with van der Waals surface area (Å²) in [5.41, 5.74) is 10.2. The minimum Gasteiger partial charge on any atom is -0.420 e. The monoisotopic (exact) mass is 269 g/mol. The van der Waals surface area contributed by atoms with Crippen LogP contribution < -0.4 is 5.73 Å². The standard InChI is InChI=1S/C15H15N3O2/c1-7-4-5-10(6-8(7)2)13(19)12-11-9(3)17-18-15(11)20-14(12)16/h4-6H,16H2,1-3H3,(H,17,18). The zero-order chi connectivity index (χ0) is 14.4. The summed E-state index contributed by atoms with van der Waals surface area (Å²) in [7, 11) is 0. The fourth-order valence-electron chi connectivity index (χ4n) is 2.31. The van der Waals surface area contributed by atoms with Crippen LogP contribution in [0.5, 0.6) is 0 Å². The maximum atomic E-state index is 12.7. The molecule has 0 amide bonds. The van der Waals surface area contributed by atoms with E-state index in [0.29, 0.717) is 22.2 Å². The number of nitrogen functional groups attached to an aromatic ring is 1. The zero-order valence-electron chi connectivity index (χ0n) is 11.6. The predicted molar refractivity (Wildman–Crippen MR) is 76.9 cm³/mol. The molecule has 0 aliphatic rings. The van der Waals surface area contributed by atoms with Gasteiger partial charge in [0, 0.05) is 11.3 Å². The number of rotatable bonds is 2. The lowest BCUT2D eigenvalue weighted by atomic mass is 9.98. The Balaban J connectivity index is 2.19. The molecular formula is C15H15N3O2. The number of aromatic amines is 1. The number of carbonyl (C=O) groups excluding carboxylic acids is 1. The van der Waals surface area contributed by atoms with Gasteiger partial charge in [0.15, 0.2) is 5.78 Å². The van der Waals surface area contributed by atoms with Crippen molar-refractivity contribution in [2.75, 3.05) is 5.73 Å². The lowest BCUT2D eigenvalue weighted by Crippen LogP contribution is -2.04. The fourth-order valence-corrected chi connectivity index (χ4v) is 2.31. The molecule has 3 aromatic rings. The summed E-state index contributed by atoms with van der Waals surface area (Å²) in [4.78, 5) is 12.7. The Morgan fingerprint density at radius 2 is 2.00 bits per heavy atom. The smallest absolute Gasteiger partial charge is 0.248 e. The van der Waals surface area contributed by atoms with Crippen LogP contribution in [0.3, 0.4) is 0 Å². The second-order valence-corrected chi connectivity index (χ2v) is 5.00. The largest absolute Gasteiger partial charge is 0.420 e. The first-order valence-electron chi connectivity index (χ1n) is 6.34. The topological polar surface area (TPSA) is 84.9 Å². The molecule has 0 spiro atoms. The molecule has 0 fully saturated rings. The maximum absolute atomic E-state index is 12.7. The number of nitrogens with zero attached hydrogens (tertiary/aromatic N) is 1. The van der Waals surface area contributed by atoms with Crippen molar-refractivity contribution in [3.63, 3.8) is 0 Å². The molecule has 0 saturated carbocycles. The van der Waals surface area contributed by atoms with Gasteiger partial charge < -0.3 is 10.2 Å². The summed E-state index contributed by atoms with van der Waals surface area (Å²) in [6.07, 6.45) is 0. The highest BCUT2D eigenvalue weighted by atomic mass is 16.4. The molecule has 2 heterocycles. The third kappa shape index (κ3) is 1.71. The van der Waals surface area contributed by atoms with Crippen molar-refractivity contribution in [1.82, 2.24) is 10.2 Å². The molecule has 0 atom stereocenters. The van der Waals surface area contributed by atoms with Gasteiger partial charge in [-0.1, -0.05) is 12.1 Å². The number of furan rings is 1. The number of aryl methyl sites for hydroxylation is 3. The third-order valence-corrected chi connectivity index (χ3v) is 3.61. The Hall–Kier alpha value is -2.56. The molecule has 3 rings (SSSR count). The number of fused-ring (bicyclic) bond motifs is 1. The van der Waals surface area contributed by atoms with Crippen LogP contribution in [0.2, 0.25) is 0 Å². The minimum absolute atomic E-state index is 0.114. The SMILES string of the molecule is Cc1ccc(C(=O)c2c(N)oc3n[nH]c(C)c23)cc1C. The van der Waals surface area contributed by atoms with Crippen LogP contribution in [-0.4, -0.2) is 16.0 Å². The number of hydrogen-bond donors (Lipinski definition) is 2. The Kier molecular flexibility index (Phi) is 2.64. The van der Waals surface area contributed by atoms with Crippen LogP contribution >= 0.6 is 0 Å². The van der Waals surface area contributed by atoms with Gasteiger partial charge in [-0.3, -0.25) is 9.89 Å². The van der Waals surface area contributed by atoms with Crippen molar-refractivity contribution in [1.29, 1.82) is 0 Å². The molecule has 3 N–H and O–H groups in total. The van der Waals surface area contributed by atoms with Gasteiger partial charge in [0.25, 0.3) is 0 Å². The van der Waals surface area contributed by atoms with Gasteiger partial charge in [-0.05, 0) is 38.0 Å². The molecule has 0 aliphatic carbocycles. The average molecular weight is 269 g/mol. The minimum atomic E-state index is -0.145. The van der Waals surface area contributed by atoms with Gasteiger partial charge >= 0.3 is 0 Å². The van der Waals surface area contributed by atoms with Crippen LogP contribution in [0, 0.1) is 20.8 Å². The predicted octanol–water partition coefficient (Wildman–Crippen LogP) is 2.89. The summed E-state index contributed by atoms with van der Waals surface area (Å²) < 4.78 is 5.33. The lowest BCUT2D eigenvalue weighted by molar-refractivity contribution is 0.104. The second-order valence-electron chi connectivity index (χ2n) is 5.00. The quantitative estimate of drug-likeness (QED) is 0.700. The van der Waals surface area contributed by atoms with E-state index in [4.69, 9.17) is 10.2 Å². The van der Waals surface area contributed by atoms with E-state index < -0.39 is 0 Å². The van der Waals surface area contributed by atoms with Crippen LogP contribution in [0.4, 0.5) is 5.88 Å². The van der Waals surface area contributed by atoms with Crippen LogP contribution in [0.1, 0.15) is 32.7 Å². The van der Waals surface area contributed by atoms with Gasteiger partial charge in [0.2, 0.25) is 11.6 Å². The van der Waals surface area contributed by atoms with Gasteiger partial charge in [-0.2, -0.15) is 0 Å². The Bertz CT molecular complexity index is 827. The van der Waals surface area contributed by atoms with E-state index >= 15 is 0 Å². The number of hydrogen-bond acceptors (Lipinski definition) is 4. The molecule has 5 nitrogen and oxygen atoms in total. The molecule has 2 aromatic heterocycles. The normalized spacial score (nSPS) is 11.2. The molecule has 0 aliphatic heterocycles. The van der Waals surface area contributed by atoms with Crippen molar-refractivity contribution in [3.05, 3.63) is 46.1 Å². The number of nitrogens with two attached hydrogens (primary N) is 1. The second kappa shape index (κ2) is 4.23. The third-order valence-electron chi connectivity index (χ3n) is 3.61. The van der Waals surface area contributed by atoms with E-state index in [1.165, 1.54) is 0 Å². The van der Waals surface area contributed by atoms with Crippen LogP contribution in [-0.2, 0) is 0 Å². The summed E-state index contributed by atoms with van der Waals surface area (Å²) in [5.74, 6) is -0.0309. The van der Waals surface area contributed by atoms with E-state index in [-0.39, 0.29) is 11.7 Å². The number of benzene rings is 1. The van der Waals surface area contributed by atoms with E-state index in [9.17, 15) is 4.79 Å². The first kappa shape index (κ1) is 12.5. The summed E-state index contributed by atoms with van der Waals surface area (Å²) in [5, 5.41) is 7.44. The number of anilines is 1. The molecule has 0 radical (unpaired) electrons. The first-order valence-corrected chi connectivity index (χ1v) is 6.34. The fraction of sp³-hybridized carbons (Fsp3) is 0.200. The maximum Gasteiger partial charge on any atom is 0.248 e. The van der Waals surface area contributed by atoms with Crippen LogP contribution in [0.25, 0.3) is 11.1 Å². The zero-order valence-corrected chi connectivity index (χ0v) is 11.6. The van der Waals surface area contributed by atoms with E-state index in [1.807, 2.05) is 32.9 Å². The molecule has 1 aromatic carbocycles. The number of nitrogens with one attached hydrogen (secondary N) is 1. The summed E-state index contributed by atoms with van der Waals surface area (Å²) in [6.45, 7) is 5.82. The van der Waals surface area contributed by atoms with Gasteiger partial charge in [-0.15, -0.1) is 5.10 Å². The van der Waals surface area contributed by atoms with E-state index in [2.05, 4.69) is 10.2 Å². The van der Waals surface area contributed by atoms with Crippen LogP contribution in [0.15, 0.2) is 22.6 Å². The molecule has 102 valence electrons.